The van der Waals surface area contributed by atoms with Gasteiger partial charge in [-0.05, 0) is 57.9 Å². The summed E-state index contributed by atoms with van der Waals surface area (Å²) in [7, 11) is 0. The van der Waals surface area contributed by atoms with Crippen molar-refractivity contribution in [3.63, 3.8) is 0 Å². The van der Waals surface area contributed by atoms with E-state index in [1.54, 1.807) is 0 Å². The van der Waals surface area contributed by atoms with Gasteiger partial charge in [0.25, 0.3) is 0 Å². The molecule has 0 radical (unpaired) electrons. The van der Waals surface area contributed by atoms with Gasteiger partial charge in [-0.25, -0.2) is 0 Å². The quantitative estimate of drug-likeness (QED) is 0.906. The van der Waals surface area contributed by atoms with Crippen molar-refractivity contribution in [3.05, 3.63) is 29.8 Å². The van der Waals surface area contributed by atoms with Gasteiger partial charge in [0, 0.05) is 12.6 Å². The number of nitrogens with zero attached hydrogens (tertiary/aromatic N) is 1. The molecule has 0 amide bonds. The second-order valence-corrected chi connectivity index (χ2v) is 6.00. The lowest BCUT2D eigenvalue weighted by atomic mass is 9.93. The van der Waals surface area contributed by atoms with Crippen molar-refractivity contribution in [2.75, 3.05) is 19.7 Å². The van der Waals surface area contributed by atoms with Gasteiger partial charge in [0.2, 0.25) is 0 Å². The number of likely N-dealkylation sites (tertiary alicyclic amines) is 1. The molecular weight excluding hydrogens is 238 g/mol. The summed E-state index contributed by atoms with van der Waals surface area (Å²) in [6.45, 7) is 8.55. The van der Waals surface area contributed by atoms with Crippen molar-refractivity contribution < 1.29 is 9.84 Å². The Hall–Kier alpha value is -1.06. The lowest BCUT2D eigenvalue weighted by Crippen LogP contribution is -2.53. The Morgan fingerprint density at radius 3 is 2.89 bits per heavy atom. The van der Waals surface area contributed by atoms with Crippen molar-refractivity contribution in [2.24, 2.45) is 0 Å². The molecule has 1 heterocycles. The number of hydrogen-bond acceptors (Lipinski definition) is 3. The summed E-state index contributed by atoms with van der Waals surface area (Å²) < 4.78 is 5.78. The van der Waals surface area contributed by atoms with Gasteiger partial charge in [0.05, 0.1) is 0 Å². The van der Waals surface area contributed by atoms with Crippen LogP contribution in [-0.2, 0) is 0 Å². The Morgan fingerprint density at radius 1 is 1.42 bits per heavy atom. The van der Waals surface area contributed by atoms with Gasteiger partial charge in [0.1, 0.15) is 18.0 Å². The Balaban J connectivity index is 1.94. The molecule has 1 N–H and O–H groups in total. The molecule has 1 fully saturated rings. The van der Waals surface area contributed by atoms with Crippen molar-refractivity contribution in [2.45, 2.75) is 45.3 Å². The highest BCUT2D eigenvalue weighted by molar-refractivity contribution is 5.27. The summed E-state index contributed by atoms with van der Waals surface area (Å²) in [5.41, 5.74) is 0.462. The van der Waals surface area contributed by atoms with Crippen molar-refractivity contribution in [3.8, 4) is 5.75 Å². The number of aliphatic hydroxyl groups is 1. The Morgan fingerprint density at radius 2 is 2.21 bits per heavy atom. The molecule has 106 valence electrons. The summed E-state index contributed by atoms with van der Waals surface area (Å²) in [5, 5.41) is 10.7. The molecular formula is C16H25NO2. The topological polar surface area (TPSA) is 32.7 Å². The van der Waals surface area contributed by atoms with E-state index in [1.165, 1.54) is 5.56 Å². The van der Waals surface area contributed by atoms with Crippen LogP contribution < -0.4 is 4.74 Å². The first-order valence-corrected chi connectivity index (χ1v) is 7.14. The van der Waals surface area contributed by atoms with Crippen LogP contribution in [0.5, 0.6) is 5.75 Å². The molecule has 0 bridgehead atoms. The zero-order valence-corrected chi connectivity index (χ0v) is 12.2. The molecule has 1 aliphatic heterocycles. The SMILES string of the molecule is Cc1cccc(OCC2(O)CCCN(C(C)C)C2)c1. The van der Waals surface area contributed by atoms with Gasteiger partial charge in [-0.15, -0.1) is 0 Å². The average molecular weight is 263 g/mol. The molecule has 1 aromatic carbocycles. The minimum Gasteiger partial charge on any atom is -0.491 e. The molecule has 3 heteroatoms. The molecule has 0 saturated carbocycles. The molecule has 0 aliphatic carbocycles. The third-order valence-electron chi connectivity index (χ3n) is 3.81. The first kappa shape index (κ1) is 14.4. The molecule has 1 unspecified atom stereocenters. The van der Waals surface area contributed by atoms with E-state index in [1.807, 2.05) is 31.2 Å². The maximum Gasteiger partial charge on any atom is 0.119 e. The fourth-order valence-corrected chi connectivity index (χ4v) is 2.63. The number of piperidine rings is 1. The van der Waals surface area contributed by atoms with E-state index >= 15 is 0 Å². The summed E-state index contributed by atoms with van der Waals surface area (Å²) in [5.74, 6) is 0.843. The van der Waals surface area contributed by atoms with Crippen molar-refractivity contribution in [1.29, 1.82) is 0 Å². The summed E-state index contributed by atoms with van der Waals surface area (Å²) in [6.07, 6.45) is 1.86. The third-order valence-corrected chi connectivity index (χ3v) is 3.81. The largest absolute Gasteiger partial charge is 0.491 e. The second kappa shape index (κ2) is 5.93. The minimum atomic E-state index is -0.716. The van der Waals surface area contributed by atoms with Crippen LogP contribution in [0.25, 0.3) is 0 Å². The molecule has 1 aromatic rings. The predicted octanol–water partition coefficient (Wildman–Crippen LogP) is 2.61. The van der Waals surface area contributed by atoms with Crippen LogP contribution in [0.4, 0.5) is 0 Å². The second-order valence-electron chi connectivity index (χ2n) is 6.00. The van der Waals surface area contributed by atoms with E-state index in [0.717, 1.165) is 25.1 Å². The maximum absolute atomic E-state index is 10.7. The highest BCUT2D eigenvalue weighted by Gasteiger charge is 2.34. The zero-order valence-electron chi connectivity index (χ0n) is 12.2. The van der Waals surface area contributed by atoms with Crippen molar-refractivity contribution >= 4 is 0 Å². The molecule has 1 atom stereocenters. The van der Waals surface area contributed by atoms with E-state index in [4.69, 9.17) is 4.74 Å². The van der Waals surface area contributed by atoms with Gasteiger partial charge in [-0.3, -0.25) is 4.90 Å². The number of aryl methyl sites for hydroxylation is 1. The molecule has 3 nitrogen and oxygen atoms in total. The summed E-state index contributed by atoms with van der Waals surface area (Å²) in [6, 6.07) is 8.45. The van der Waals surface area contributed by atoms with E-state index < -0.39 is 5.60 Å². The molecule has 2 rings (SSSR count). The van der Waals surface area contributed by atoms with Crippen molar-refractivity contribution in [1.82, 2.24) is 4.90 Å². The van der Waals surface area contributed by atoms with Gasteiger partial charge in [-0.1, -0.05) is 12.1 Å². The van der Waals surface area contributed by atoms with Crippen LogP contribution in [0.15, 0.2) is 24.3 Å². The Kier molecular flexibility index (Phi) is 4.48. The predicted molar refractivity (Wildman–Crippen MR) is 77.6 cm³/mol. The fraction of sp³-hybridized carbons (Fsp3) is 0.625. The summed E-state index contributed by atoms with van der Waals surface area (Å²) in [4.78, 5) is 2.32. The van der Waals surface area contributed by atoms with Gasteiger partial charge < -0.3 is 9.84 Å². The molecule has 1 aliphatic rings. The van der Waals surface area contributed by atoms with E-state index in [2.05, 4.69) is 18.7 Å². The van der Waals surface area contributed by atoms with Crippen LogP contribution in [0.2, 0.25) is 0 Å². The van der Waals surface area contributed by atoms with Crippen LogP contribution in [-0.4, -0.2) is 41.3 Å². The van der Waals surface area contributed by atoms with E-state index in [0.29, 0.717) is 19.2 Å². The number of rotatable bonds is 4. The van der Waals surface area contributed by atoms with E-state index in [-0.39, 0.29) is 0 Å². The Labute approximate surface area is 116 Å². The normalized spacial score (nSPS) is 24.7. The minimum absolute atomic E-state index is 0.375. The lowest BCUT2D eigenvalue weighted by molar-refractivity contribution is -0.0669. The van der Waals surface area contributed by atoms with Crippen LogP contribution in [0, 0.1) is 6.92 Å². The van der Waals surface area contributed by atoms with Gasteiger partial charge in [0.15, 0.2) is 0 Å². The summed E-state index contributed by atoms with van der Waals surface area (Å²) >= 11 is 0. The molecule has 0 spiro atoms. The number of hydrogen-bond donors (Lipinski definition) is 1. The van der Waals surface area contributed by atoms with Crippen LogP contribution in [0.3, 0.4) is 0 Å². The maximum atomic E-state index is 10.7. The Bertz CT molecular complexity index is 419. The molecule has 1 saturated heterocycles. The number of benzene rings is 1. The third kappa shape index (κ3) is 3.95. The van der Waals surface area contributed by atoms with Gasteiger partial charge >= 0.3 is 0 Å². The first-order valence-electron chi connectivity index (χ1n) is 7.14. The average Bonchev–Trinajstić information content (AvgIpc) is 2.37. The van der Waals surface area contributed by atoms with Gasteiger partial charge in [-0.2, -0.15) is 0 Å². The number of β-amino-alcohol motifs (C(OH)–C–C–N with tert-alkyl or cyclic N) is 1. The standard InChI is InChI=1S/C16H25NO2/c1-13(2)17-9-5-8-16(18,11-17)12-19-15-7-4-6-14(3)10-15/h4,6-7,10,13,18H,5,8-9,11-12H2,1-3H3. The fourth-order valence-electron chi connectivity index (χ4n) is 2.63. The first-order chi connectivity index (χ1) is 8.98. The number of ether oxygens (including phenoxy) is 1. The molecule has 0 aromatic heterocycles. The smallest absolute Gasteiger partial charge is 0.119 e. The van der Waals surface area contributed by atoms with E-state index in [9.17, 15) is 5.11 Å². The molecule has 19 heavy (non-hydrogen) atoms. The highest BCUT2D eigenvalue weighted by atomic mass is 16.5. The van der Waals surface area contributed by atoms with Crippen LogP contribution >= 0.6 is 0 Å². The lowest BCUT2D eigenvalue weighted by Gasteiger charge is -2.40. The highest BCUT2D eigenvalue weighted by Crippen LogP contribution is 2.24. The monoisotopic (exact) mass is 263 g/mol. The van der Waals surface area contributed by atoms with Crippen LogP contribution in [0.1, 0.15) is 32.3 Å². The zero-order chi connectivity index (χ0) is 13.9.